The zero-order valence-corrected chi connectivity index (χ0v) is 14.7. The Kier molecular flexibility index (Phi) is 4.93. The molecule has 1 aromatic carbocycles. The number of aryl methyl sites for hydroxylation is 2. The van der Waals surface area contributed by atoms with Crippen molar-refractivity contribution in [3.63, 3.8) is 0 Å². The molecule has 1 aromatic heterocycles. The van der Waals surface area contributed by atoms with Crippen LogP contribution in [0.1, 0.15) is 23.9 Å². The van der Waals surface area contributed by atoms with Gasteiger partial charge in [0.05, 0.1) is 10.6 Å². The summed E-state index contributed by atoms with van der Waals surface area (Å²) in [5.41, 5.74) is 1.86. The summed E-state index contributed by atoms with van der Waals surface area (Å²) in [6.07, 6.45) is 1.58. The minimum Gasteiger partial charge on any atom is -0.382 e. The number of nitro groups is 1. The second-order valence-electron chi connectivity index (χ2n) is 5.76. The normalized spacial score (nSPS) is 12.8. The van der Waals surface area contributed by atoms with E-state index >= 15 is 0 Å². The first-order valence-electron chi connectivity index (χ1n) is 7.26. The monoisotopic (exact) mass is 353 g/mol. The molecule has 0 aliphatic heterocycles. The molecule has 0 fully saturated rings. The van der Waals surface area contributed by atoms with Crippen molar-refractivity contribution >= 4 is 21.2 Å². The van der Waals surface area contributed by atoms with Gasteiger partial charge in [-0.25, -0.2) is 8.42 Å². The Morgan fingerprint density at radius 2 is 2.04 bits per heavy atom. The number of benzene rings is 1. The first-order valence-corrected chi connectivity index (χ1v) is 9.15. The van der Waals surface area contributed by atoms with E-state index in [4.69, 9.17) is 4.52 Å². The third-order valence-corrected chi connectivity index (χ3v) is 4.79. The van der Waals surface area contributed by atoms with Crippen LogP contribution in [0.2, 0.25) is 0 Å². The van der Waals surface area contributed by atoms with E-state index in [9.17, 15) is 18.5 Å². The van der Waals surface area contributed by atoms with Gasteiger partial charge in [0.1, 0.15) is 10.7 Å². The van der Waals surface area contributed by atoms with Crippen molar-refractivity contribution in [2.45, 2.75) is 38.1 Å². The van der Waals surface area contributed by atoms with Crippen LogP contribution >= 0.6 is 0 Å². The van der Waals surface area contributed by atoms with E-state index in [1.807, 2.05) is 20.8 Å². The predicted molar refractivity (Wildman–Crippen MR) is 89.0 cm³/mol. The number of hydrogen-bond donors (Lipinski definition) is 1. The second-order valence-corrected chi connectivity index (χ2v) is 7.75. The van der Waals surface area contributed by atoms with E-state index < -0.39 is 20.4 Å². The second kappa shape index (κ2) is 6.60. The van der Waals surface area contributed by atoms with Gasteiger partial charge in [-0.2, -0.15) is 0 Å². The number of hydrogen-bond acceptors (Lipinski definition) is 7. The molecule has 1 N–H and O–H groups in total. The molecule has 0 saturated carbocycles. The Labute approximate surface area is 139 Å². The molecule has 0 spiro atoms. The van der Waals surface area contributed by atoms with Crippen LogP contribution in [-0.4, -0.2) is 30.8 Å². The smallest absolute Gasteiger partial charge is 0.288 e. The molecule has 2 aromatic rings. The SMILES string of the molecule is Cc1noc(C)c1CC(C)Nc1ccc([N+](=O)[O-])c(S(C)(=O)=O)c1. The zero-order chi connectivity index (χ0) is 18.1. The molecule has 0 bridgehead atoms. The number of nitrogens with zero attached hydrogens (tertiary/aromatic N) is 2. The standard InChI is InChI=1S/C15H19N3O5S/c1-9(7-13-10(2)17-23-11(13)3)16-12-5-6-14(18(19)20)15(8-12)24(4,21)22/h5-6,8-9,16H,7H2,1-4H3. The fourth-order valence-electron chi connectivity index (χ4n) is 2.49. The molecule has 9 heteroatoms. The van der Waals surface area contributed by atoms with Crippen LogP contribution < -0.4 is 5.32 Å². The number of nitrogens with one attached hydrogen (secondary N) is 1. The number of aromatic nitrogens is 1. The lowest BCUT2D eigenvalue weighted by Gasteiger charge is -2.15. The lowest BCUT2D eigenvalue weighted by molar-refractivity contribution is -0.387. The predicted octanol–water partition coefficient (Wildman–Crippen LogP) is 2.65. The van der Waals surface area contributed by atoms with Gasteiger partial charge in [-0.3, -0.25) is 10.1 Å². The maximum absolute atomic E-state index is 11.8. The quantitative estimate of drug-likeness (QED) is 0.627. The highest BCUT2D eigenvalue weighted by Crippen LogP contribution is 2.27. The molecular formula is C15H19N3O5S. The van der Waals surface area contributed by atoms with Crippen LogP contribution in [0.15, 0.2) is 27.6 Å². The van der Waals surface area contributed by atoms with Crippen molar-refractivity contribution in [1.82, 2.24) is 5.16 Å². The Bertz CT molecular complexity index is 854. The van der Waals surface area contributed by atoms with E-state index in [0.717, 1.165) is 23.3 Å². The highest BCUT2D eigenvalue weighted by Gasteiger charge is 2.23. The van der Waals surface area contributed by atoms with Gasteiger partial charge in [0, 0.05) is 29.6 Å². The summed E-state index contributed by atoms with van der Waals surface area (Å²) in [5.74, 6) is 0.738. The zero-order valence-electron chi connectivity index (χ0n) is 13.9. The number of anilines is 1. The van der Waals surface area contributed by atoms with Gasteiger partial charge in [0.25, 0.3) is 5.69 Å². The van der Waals surface area contributed by atoms with Gasteiger partial charge in [-0.05, 0) is 39.3 Å². The fraction of sp³-hybridized carbons (Fsp3) is 0.400. The van der Waals surface area contributed by atoms with Crippen molar-refractivity contribution in [3.05, 3.63) is 45.3 Å². The maximum Gasteiger partial charge on any atom is 0.288 e. The molecule has 0 saturated heterocycles. The molecule has 0 amide bonds. The number of rotatable bonds is 6. The summed E-state index contributed by atoms with van der Waals surface area (Å²) in [7, 11) is -3.71. The molecule has 1 unspecified atom stereocenters. The maximum atomic E-state index is 11.8. The van der Waals surface area contributed by atoms with Gasteiger partial charge >= 0.3 is 0 Å². The van der Waals surface area contributed by atoms with Gasteiger partial charge < -0.3 is 9.84 Å². The van der Waals surface area contributed by atoms with E-state index in [-0.39, 0.29) is 10.9 Å². The highest BCUT2D eigenvalue weighted by atomic mass is 32.2. The lowest BCUT2D eigenvalue weighted by atomic mass is 10.1. The van der Waals surface area contributed by atoms with Gasteiger partial charge in [-0.15, -0.1) is 0 Å². The minimum absolute atomic E-state index is 0.0457. The molecule has 1 heterocycles. The summed E-state index contributed by atoms with van der Waals surface area (Å²) < 4.78 is 28.7. The average molecular weight is 353 g/mol. The Morgan fingerprint density at radius 3 is 2.54 bits per heavy atom. The molecule has 8 nitrogen and oxygen atoms in total. The van der Waals surface area contributed by atoms with E-state index in [1.54, 1.807) is 0 Å². The Hall–Kier alpha value is -2.42. The molecule has 2 rings (SSSR count). The fourth-order valence-corrected chi connectivity index (χ4v) is 3.35. The van der Waals surface area contributed by atoms with Crippen LogP contribution in [-0.2, 0) is 16.3 Å². The van der Waals surface area contributed by atoms with Crippen molar-refractivity contribution in [3.8, 4) is 0 Å². The van der Waals surface area contributed by atoms with Crippen molar-refractivity contribution < 1.29 is 17.9 Å². The third-order valence-electron chi connectivity index (χ3n) is 3.66. The average Bonchev–Trinajstić information content (AvgIpc) is 2.78. The van der Waals surface area contributed by atoms with Crippen LogP contribution in [0.25, 0.3) is 0 Å². The molecule has 0 radical (unpaired) electrons. The molecule has 130 valence electrons. The summed E-state index contributed by atoms with van der Waals surface area (Å²) in [6.45, 7) is 5.61. The summed E-state index contributed by atoms with van der Waals surface area (Å²) >= 11 is 0. The lowest BCUT2D eigenvalue weighted by Crippen LogP contribution is -2.19. The summed E-state index contributed by atoms with van der Waals surface area (Å²) in [6, 6.07) is 3.94. The van der Waals surface area contributed by atoms with Crippen LogP contribution in [0.4, 0.5) is 11.4 Å². The van der Waals surface area contributed by atoms with Crippen LogP contribution in [0.5, 0.6) is 0 Å². The highest BCUT2D eigenvalue weighted by molar-refractivity contribution is 7.90. The van der Waals surface area contributed by atoms with Crippen LogP contribution in [0, 0.1) is 24.0 Å². The largest absolute Gasteiger partial charge is 0.382 e. The van der Waals surface area contributed by atoms with Gasteiger partial charge in [0.15, 0.2) is 9.84 Å². The molecule has 1 atom stereocenters. The number of sulfone groups is 1. The first kappa shape index (κ1) is 17.9. The van der Waals surface area contributed by atoms with E-state index in [2.05, 4.69) is 10.5 Å². The van der Waals surface area contributed by atoms with E-state index in [0.29, 0.717) is 12.1 Å². The number of nitro benzene ring substituents is 1. The van der Waals surface area contributed by atoms with Crippen molar-refractivity contribution in [2.75, 3.05) is 11.6 Å². The van der Waals surface area contributed by atoms with E-state index in [1.165, 1.54) is 18.2 Å². The molecule has 0 aliphatic rings. The Morgan fingerprint density at radius 1 is 1.38 bits per heavy atom. The summed E-state index contributed by atoms with van der Waals surface area (Å²) in [5, 5.41) is 18.0. The molecule has 0 aliphatic carbocycles. The van der Waals surface area contributed by atoms with Crippen LogP contribution in [0.3, 0.4) is 0 Å². The van der Waals surface area contributed by atoms with Gasteiger partial charge in [-0.1, -0.05) is 5.16 Å². The molecular weight excluding hydrogens is 334 g/mol. The molecule has 24 heavy (non-hydrogen) atoms. The minimum atomic E-state index is -3.71. The first-order chi connectivity index (χ1) is 11.1. The van der Waals surface area contributed by atoms with Crippen molar-refractivity contribution in [2.24, 2.45) is 0 Å². The topological polar surface area (TPSA) is 115 Å². The Balaban J connectivity index is 2.25. The third kappa shape index (κ3) is 3.91. The van der Waals surface area contributed by atoms with Gasteiger partial charge in [0.2, 0.25) is 0 Å². The van der Waals surface area contributed by atoms with Crippen molar-refractivity contribution in [1.29, 1.82) is 0 Å². The summed E-state index contributed by atoms with van der Waals surface area (Å²) in [4.78, 5) is 9.99.